The molecular formula is C10H20N4. The number of nitrogens with two attached hydrogens (primary N) is 1. The van der Waals surface area contributed by atoms with Gasteiger partial charge in [-0.3, -0.25) is 5.43 Å². The summed E-state index contributed by atoms with van der Waals surface area (Å²) < 4.78 is 0. The summed E-state index contributed by atoms with van der Waals surface area (Å²) in [5.74, 6) is 6.23. The van der Waals surface area contributed by atoms with E-state index in [2.05, 4.69) is 15.7 Å². The molecule has 0 aliphatic heterocycles. The third-order valence-corrected chi connectivity index (χ3v) is 3.22. The molecule has 0 atom stereocenters. The molecule has 0 amide bonds. The predicted molar refractivity (Wildman–Crippen MR) is 57.8 cm³/mol. The SMILES string of the molecule is NNC(=NC1CCCC1)NC1CCC1. The van der Waals surface area contributed by atoms with Crippen molar-refractivity contribution in [2.24, 2.45) is 10.8 Å². The number of guanidine groups is 1. The first kappa shape index (κ1) is 9.77. The van der Waals surface area contributed by atoms with Gasteiger partial charge in [-0.05, 0) is 32.1 Å². The quantitative estimate of drug-likeness (QED) is 0.266. The first-order valence-corrected chi connectivity index (χ1v) is 5.69. The van der Waals surface area contributed by atoms with Gasteiger partial charge in [0.05, 0.1) is 6.04 Å². The van der Waals surface area contributed by atoms with Gasteiger partial charge in [0.25, 0.3) is 0 Å². The number of rotatable bonds is 2. The number of hydrogen-bond acceptors (Lipinski definition) is 2. The minimum absolute atomic E-state index is 0.494. The number of nitrogens with one attached hydrogen (secondary N) is 2. The second-order valence-corrected chi connectivity index (χ2v) is 4.33. The Bertz CT molecular complexity index is 204. The Labute approximate surface area is 85.3 Å². The second kappa shape index (κ2) is 4.64. The van der Waals surface area contributed by atoms with Crippen molar-refractivity contribution < 1.29 is 0 Å². The van der Waals surface area contributed by atoms with E-state index in [0.29, 0.717) is 12.1 Å². The molecule has 0 bridgehead atoms. The van der Waals surface area contributed by atoms with Crippen LogP contribution < -0.4 is 16.6 Å². The molecule has 0 unspecified atom stereocenters. The minimum atomic E-state index is 0.494. The van der Waals surface area contributed by atoms with Gasteiger partial charge < -0.3 is 5.32 Å². The van der Waals surface area contributed by atoms with Gasteiger partial charge >= 0.3 is 0 Å². The highest BCUT2D eigenvalue weighted by Crippen LogP contribution is 2.21. The lowest BCUT2D eigenvalue weighted by atomic mass is 9.93. The number of hydrazine groups is 1. The van der Waals surface area contributed by atoms with Gasteiger partial charge in [-0.25, -0.2) is 10.8 Å². The zero-order valence-corrected chi connectivity index (χ0v) is 8.63. The molecule has 0 saturated heterocycles. The molecule has 0 aromatic heterocycles. The van der Waals surface area contributed by atoms with Crippen molar-refractivity contribution in [3.8, 4) is 0 Å². The third-order valence-electron chi connectivity index (χ3n) is 3.22. The molecule has 0 aromatic carbocycles. The molecule has 2 aliphatic rings. The lowest BCUT2D eigenvalue weighted by Gasteiger charge is -2.28. The van der Waals surface area contributed by atoms with Crippen LogP contribution in [0.15, 0.2) is 4.99 Å². The van der Waals surface area contributed by atoms with E-state index in [1.165, 1.54) is 44.9 Å². The van der Waals surface area contributed by atoms with Crippen LogP contribution in [-0.2, 0) is 0 Å². The summed E-state index contributed by atoms with van der Waals surface area (Å²) in [7, 11) is 0. The summed E-state index contributed by atoms with van der Waals surface area (Å²) in [6, 6.07) is 1.10. The summed E-state index contributed by atoms with van der Waals surface area (Å²) in [5, 5.41) is 3.34. The van der Waals surface area contributed by atoms with Crippen molar-refractivity contribution in [3.05, 3.63) is 0 Å². The van der Waals surface area contributed by atoms with Crippen molar-refractivity contribution in [2.45, 2.75) is 57.0 Å². The van der Waals surface area contributed by atoms with E-state index in [-0.39, 0.29) is 0 Å². The van der Waals surface area contributed by atoms with Crippen LogP contribution in [0.5, 0.6) is 0 Å². The fraction of sp³-hybridized carbons (Fsp3) is 0.900. The monoisotopic (exact) mass is 196 g/mol. The minimum Gasteiger partial charge on any atom is -0.353 e. The Morgan fingerprint density at radius 2 is 1.79 bits per heavy atom. The molecule has 0 spiro atoms. The second-order valence-electron chi connectivity index (χ2n) is 4.33. The average Bonchev–Trinajstić information content (AvgIpc) is 2.61. The summed E-state index contributed by atoms with van der Waals surface area (Å²) in [6.45, 7) is 0. The highest BCUT2D eigenvalue weighted by atomic mass is 15.3. The Hall–Kier alpha value is -0.770. The van der Waals surface area contributed by atoms with Crippen LogP contribution in [0, 0.1) is 0 Å². The van der Waals surface area contributed by atoms with Gasteiger partial charge in [0, 0.05) is 6.04 Å². The van der Waals surface area contributed by atoms with Crippen molar-refractivity contribution in [1.82, 2.24) is 10.7 Å². The van der Waals surface area contributed by atoms with Gasteiger partial charge in [0.2, 0.25) is 5.96 Å². The molecule has 2 rings (SSSR count). The van der Waals surface area contributed by atoms with Crippen LogP contribution in [0.4, 0.5) is 0 Å². The molecule has 4 heteroatoms. The van der Waals surface area contributed by atoms with Crippen LogP contribution in [-0.4, -0.2) is 18.0 Å². The largest absolute Gasteiger partial charge is 0.353 e. The van der Waals surface area contributed by atoms with Crippen LogP contribution in [0.3, 0.4) is 0 Å². The molecule has 0 aromatic rings. The maximum atomic E-state index is 5.43. The van der Waals surface area contributed by atoms with E-state index in [9.17, 15) is 0 Å². The molecule has 2 aliphatic carbocycles. The van der Waals surface area contributed by atoms with Crippen molar-refractivity contribution in [1.29, 1.82) is 0 Å². The van der Waals surface area contributed by atoms with Crippen LogP contribution in [0.2, 0.25) is 0 Å². The molecule has 14 heavy (non-hydrogen) atoms. The van der Waals surface area contributed by atoms with Gasteiger partial charge in [0.1, 0.15) is 0 Å². The fourth-order valence-corrected chi connectivity index (χ4v) is 2.08. The first-order valence-electron chi connectivity index (χ1n) is 5.69. The lowest BCUT2D eigenvalue weighted by Crippen LogP contribution is -2.49. The maximum absolute atomic E-state index is 5.43. The molecule has 2 saturated carbocycles. The topological polar surface area (TPSA) is 62.4 Å². The molecule has 4 N–H and O–H groups in total. The number of nitrogens with zero attached hydrogens (tertiary/aromatic N) is 1. The van der Waals surface area contributed by atoms with Crippen molar-refractivity contribution >= 4 is 5.96 Å². The van der Waals surface area contributed by atoms with E-state index < -0.39 is 0 Å². The smallest absolute Gasteiger partial charge is 0.206 e. The van der Waals surface area contributed by atoms with Crippen molar-refractivity contribution in [2.75, 3.05) is 0 Å². The predicted octanol–water partition coefficient (Wildman–Crippen LogP) is 0.890. The normalized spacial score (nSPS) is 24.8. The molecule has 0 radical (unpaired) electrons. The fourth-order valence-electron chi connectivity index (χ4n) is 2.08. The third kappa shape index (κ3) is 2.38. The summed E-state index contributed by atoms with van der Waals surface area (Å²) >= 11 is 0. The van der Waals surface area contributed by atoms with Crippen LogP contribution in [0.1, 0.15) is 44.9 Å². The number of hydrogen-bond donors (Lipinski definition) is 3. The molecule has 2 fully saturated rings. The van der Waals surface area contributed by atoms with Gasteiger partial charge in [-0.1, -0.05) is 12.8 Å². The van der Waals surface area contributed by atoms with E-state index in [4.69, 9.17) is 5.84 Å². The Balaban J connectivity index is 1.82. The lowest BCUT2D eigenvalue weighted by molar-refractivity contribution is 0.379. The van der Waals surface area contributed by atoms with E-state index in [0.717, 1.165) is 5.96 Å². The Morgan fingerprint density at radius 3 is 2.29 bits per heavy atom. The zero-order valence-electron chi connectivity index (χ0n) is 8.63. The van der Waals surface area contributed by atoms with E-state index in [1.54, 1.807) is 0 Å². The highest BCUT2D eigenvalue weighted by Gasteiger charge is 2.19. The Morgan fingerprint density at radius 1 is 1.07 bits per heavy atom. The summed E-state index contributed by atoms with van der Waals surface area (Å²) in [6.07, 6.45) is 8.91. The summed E-state index contributed by atoms with van der Waals surface area (Å²) in [4.78, 5) is 4.59. The molecule has 80 valence electrons. The molecule has 0 heterocycles. The first-order chi connectivity index (χ1) is 6.88. The highest BCUT2D eigenvalue weighted by molar-refractivity contribution is 5.79. The van der Waals surface area contributed by atoms with Gasteiger partial charge in [0.15, 0.2) is 0 Å². The van der Waals surface area contributed by atoms with E-state index >= 15 is 0 Å². The van der Waals surface area contributed by atoms with Gasteiger partial charge in [-0.15, -0.1) is 0 Å². The van der Waals surface area contributed by atoms with Crippen molar-refractivity contribution in [3.63, 3.8) is 0 Å². The van der Waals surface area contributed by atoms with Crippen LogP contribution >= 0.6 is 0 Å². The summed E-state index contributed by atoms with van der Waals surface area (Å²) in [5.41, 5.74) is 2.67. The Kier molecular flexibility index (Phi) is 3.24. The van der Waals surface area contributed by atoms with Crippen LogP contribution in [0.25, 0.3) is 0 Å². The average molecular weight is 196 g/mol. The van der Waals surface area contributed by atoms with E-state index in [1.807, 2.05) is 0 Å². The van der Waals surface area contributed by atoms with Gasteiger partial charge in [-0.2, -0.15) is 0 Å². The number of aliphatic imine (C=N–C) groups is 1. The maximum Gasteiger partial charge on any atom is 0.206 e. The standard InChI is InChI=1S/C10H20N4/c11-14-10(13-9-6-3-7-9)12-8-4-1-2-5-8/h8-9H,1-7,11H2,(H2,12,13,14). The molecule has 4 nitrogen and oxygen atoms in total. The molecular weight excluding hydrogens is 176 g/mol. The zero-order chi connectivity index (χ0) is 9.80.